The minimum atomic E-state index is -5.01. The lowest BCUT2D eigenvalue weighted by atomic mass is 10.1. The summed E-state index contributed by atoms with van der Waals surface area (Å²) in [6.45, 7) is -4.36. The summed E-state index contributed by atoms with van der Waals surface area (Å²) in [5.41, 5.74) is -1.22. The van der Waals surface area contributed by atoms with Crippen molar-refractivity contribution in [2.24, 2.45) is 0 Å². The molecule has 1 aliphatic rings. The Bertz CT molecular complexity index is 1210. The lowest BCUT2D eigenvalue weighted by molar-refractivity contribution is -0.157. The molecule has 0 radical (unpaired) electrons. The van der Waals surface area contributed by atoms with Crippen LogP contribution >= 0.6 is 22.9 Å². The Kier molecular flexibility index (Phi) is 10.7. The normalized spacial score (nSPS) is 15.2. The predicted molar refractivity (Wildman–Crippen MR) is 132 cm³/mol. The lowest BCUT2D eigenvalue weighted by Gasteiger charge is -2.31. The molecule has 8 nitrogen and oxygen atoms in total. The zero-order valence-corrected chi connectivity index (χ0v) is 21.9. The van der Waals surface area contributed by atoms with Crippen molar-refractivity contribution in [1.29, 1.82) is 0 Å². The number of morpholine rings is 1. The van der Waals surface area contributed by atoms with Crippen molar-refractivity contribution in [3.63, 3.8) is 0 Å². The largest absolute Gasteiger partial charge is 0.401 e. The Morgan fingerprint density at radius 1 is 1.15 bits per heavy atom. The molecule has 0 bridgehead atoms. The van der Waals surface area contributed by atoms with Crippen molar-refractivity contribution < 1.29 is 49.9 Å². The van der Waals surface area contributed by atoms with Gasteiger partial charge in [-0.25, -0.2) is 17.6 Å². The zero-order valence-electron chi connectivity index (χ0n) is 20.3. The van der Waals surface area contributed by atoms with Crippen LogP contribution in [0.2, 0.25) is 4.34 Å². The molecule has 220 valence electrons. The second kappa shape index (κ2) is 13.6. The second-order valence-electron chi connectivity index (χ2n) is 8.42. The standard InChI is InChI=1S/C23H22ClF7N4O4S/c24-17-4-3-16(40-17)22(38)32-8-15(34(9-18(25)26)11-23(29,30)31)21(37)33-14-2-1-12(7-13(14)20(27)28)35-5-6-39-10-19(35)36/h1-4,7,15,18,20H,5-6,8-11H2,(H,32,38)(H,33,37)/t15-/m1/s1. The van der Waals surface area contributed by atoms with Gasteiger partial charge in [0.05, 0.1) is 28.9 Å². The summed E-state index contributed by atoms with van der Waals surface area (Å²) in [5, 5.41) is 4.28. The van der Waals surface area contributed by atoms with E-state index in [0.29, 0.717) is 0 Å². The third-order valence-corrected chi connectivity index (χ3v) is 6.81. The van der Waals surface area contributed by atoms with Crippen LogP contribution in [-0.4, -0.2) is 80.7 Å². The molecule has 1 fully saturated rings. The number of nitrogens with zero attached hydrogens (tertiary/aromatic N) is 2. The van der Waals surface area contributed by atoms with Gasteiger partial charge in [0, 0.05) is 30.0 Å². The fraction of sp³-hybridized carbons (Fsp3) is 0.435. The Morgan fingerprint density at radius 2 is 1.88 bits per heavy atom. The van der Waals surface area contributed by atoms with E-state index in [1.165, 1.54) is 23.1 Å². The predicted octanol–water partition coefficient (Wildman–Crippen LogP) is 4.57. The van der Waals surface area contributed by atoms with E-state index < -0.39 is 73.7 Å². The van der Waals surface area contributed by atoms with Gasteiger partial charge in [-0.15, -0.1) is 11.3 Å². The van der Waals surface area contributed by atoms with Crippen molar-refractivity contribution in [3.05, 3.63) is 45.1 Å². The quantitative estimate of drug-likeness (QED) is 0.360. The van der Waals surface area contributed by atoms with Gasteiger partial charge in [0.15, 0.2) is 0 Å². The van der Waals surface area contributed by atoms with Crippen LogP contribution in [0, 0.1) is 0 Å². The third-order valence-electron chi connectivity index (χ3n) is 5.58. The van der Waals surface area contributed by atoms with Gasteiger partial charge >= 0.3 is 6.18 Å². The van der Waals surface area contributed by atoms with Crippen molar-refractivity contribution >= 4 is 52.0 Å². The van der Waals surface area contributed by atoms with Gasteiger partial charge in [-0.1, -0.05) is 11.6 Å². The first kappa shape index (κ1) is 31.6. The maximum atomic E-state index is 13.9. The molecule has 1 atom stereocenters. The Balaban J connectivity index is 1.89. The van der Waals surface area contributed by atoms with Crippen LogP contribution in [0.3, 0.4) is 0 Å². The van der Waals surface area contributed by atoms with E-state index in [9.17, 15) is 45.1 Å². The molecule has 2 heterocycles. The molecule has 0 unspecified atom stereocenters. The molecule has 1 aromatic heterocycles. The van der Waals surface area contributed by atoms with Crippen molar-refractivity contribution in [2.45, 2.75) is 25.1 Å². The zero-order chi connectivity index (χ0) is 29.6. The van der Waals surface area contributed by atoms with Crippen molar-refractivity contribution in [1.82, 2.24) is 10.2 Å². The summed E-state index contributed by atoms with van der Waals surface area (Å²) in [7, 11) is 0. The highest BCUT2D eigenvalue weighted by atomic mass is 35.5. The monoisotopic (exact) mass is 618 g/mol. The molecule has 3 amide bonds. The van der Waals surface area contributed by atoms with E-state index in [4.69, 9.17) is 16.3 Å². The Morgan fingerprint density at radius 3 is 2.45 bits per heavy atom. The Labute approximate surface area is 232 Å². The van der Waals surface area contributed by atoms with Gasteiger partial charge in [0.25, 0.3) is 24.7 Å². The van der Waals surface area contributed by atoms with Crippen LogP contribution in [0.25, 0.3) is 0 Å². The molecular formula is C23H22ClF7N4O4S. The summed E-state index contributed by atoms with van der Waals surface area (Å²) < 4.78 is 99.2. The maximum Gasteiger partial charge on any atom is 0.401 e. The van der Waals surface area contributed by atoms with Crippen LogP contribution in [0.1, 0.15) is 21.7 Å². The van der Waals surface area contributed by atoms with Crippen LogP contribution in [-0.2, 0) is 14.3 Å². The number of nitrogens with one attached hydrogen (secondary N) is 2. The molecule has 1 aliphatic heterocycles. The molecule has 1 aromatic carbocycles. The summed E-state index contributed by atoms with van der Waals surface area (Å²) in [5.74, 6) is -2.70. The summed E-state index contributed by atoms with van der Waals surface area (Å²) in [6, 6.07) is 3.81. The summed E-state index contributed by atoms with van der Waals surface area (Å²) in [6.07, 6.45) is -11.5. The maximum absolute atomic E-state index is 13.9. The van der Waals surface area contributed by atoms with Gasteiger partial charge in [-0.05, 0) is 30.3 Å². The molecule has 0 saturated carbocycles. The molecule has 2 N–H and O–H groups in total. The second-order valence-corrected chi connectivity index (χ2v) is 10.1. The van der Waals surface area contributed by atoms with Gasteiger partial charge in [0.1, 0.15) is 12.6 Å². The number of hydrogen-bond donors (Lipinski definition) is 2. The first-order valence-electron chi connectivity index (χ1n) is 11.5. The molecule has 3 rings (SSSR count). The number of benzene rings is 1. The van der Waals surface area contributed by atoms with Gasteiger partial charge in [-0.3, -0.25) is 19.3 Å². The van der Waals surface area contributed by atoms with Gasteiger partial charge in [0.2, 0.25) is 5.91 Å². The van der Waals surface area contributed by atoms with E-state index in [-0.39, 0.29) is 39.6 Å². The van der Waals surface area contributed by atoms with Crippen molar-refractivity contribution in [3.8, 4) is 0 Å². The number of alkyl halides is 7. The summed E-state index contributed by atoms with van der Waals surface area (Å²) in [4.78, 5) is 38.9. The molecule has 17 heteroatoms. The van der Waals surface area contributed by atoms with Crippen molar-refractivity contribution in [2.75, 3.05) is 49.6 Å². The average Bonchev–Trinajstić information content (AvgIpc) is 3.29. The fourth-order valence-corrected chi connectivity index (χ4v) is 4.79. The minimum Gasteiger partial charge on any atom is -0.370 e. The van der Waals surface area contributed by atoms with Crippen LogP contribution in [0.15, 0.2) is 30.3 Å². The molecular weight excluding hydrogens is 597 g/mol. The number of ether oxygens (including phenoxy) is 1. The molecule has 1 saturated heterocycles. The SMILES string of the molecule is O=C(NC[C@H](C(=O)Nc1ccc(N2CCOCC2=O)cc1C(F)F)N(CC(F)F)CC(F)(F)F)c1ccc(Cl)s1. The first-order valence-corrected chi connectivity index (χ1v) is 12.7. The van der Waals surface area contributed by atoms with E-state index in [2.05, 4.69) is 10.6 Å². The Hall–Kier alpha value is -2.95. The molecule has 0 spiro atoms. The number of carbonyl (C=O) groups is 3. The number of hydrogen-bond acceptors (Lipinski definition) is 6. The topological polar surface area (TPSA) is 91.0 Å². The highest BCUT2D eigenvalue weighted by Gasteiger charge is 2.38. The highest BCUT2D eigenvalue weighted by molar-refractivity contribution is 7.18. The highest BCUT2D eigenvalue weighted by Crippen LogP contribution is 2.32. The first-order chi connectivity index (χ1) is 18.7. The smallest absolute Gasteiger partial charge is 0.370 e. The molecule has 2 aromatic rings. The van der Waals surface area contributed by atoms with Gasteiger partial charge < -0.3 is 20.3 Å². The van der Waals surface area contributed by atoms with Crippen LogP contribution < -0.4 is 15.5 Å². The third kappa shape index (κ3) is 8.78. The van der Waals surface area contributed by atoms with Gasteiger partial charge in [-0.2, -0.15) is 13.2 Å². The van der Waals surface area contributed by atoms with E-state index in [1.54, 1.807) is 0 Å². The number of halogens is 8. The summed E-state index contributed by atoms with van der Waals surface area (Å²) >= 11 is 6.59. The molecule has 0 aliphatic carbocycles. The number of thiophene rings is 1. The number of anilines is 2. The van der Waals surface area contributed by atoms with Crippen LogP contribution in [0.5, 0.6) is 0 Å². The number of amides is 3. The fourth-order valence-electron chi connectivity index (χ4n) is 3.83. The molecule has 40 heavy (non-hydrogen) atoms. The van der Waals surface area contributed by atoms with E-state index >= 15 is 0 Å². The average molecular weight is 619 g/mol. The lowest BCUT2D eigenvalue weighted by Crippen LogP contribution is -2.54. The number of rotatable bonds is 11. The number of carbonyl (C=O) groups excluding carboxylic acids is 3. The van der Waals surface area contributed by atoms with E-state index in [1.807, 2.05) is 0 Å². The van der Waals surface area contributed by atoms with Crippen LogP contribution in [0.4, 0.5) is 42.1 Å². The van der Waals surface area contributed by atoms with E-state index in [0.717, 1.165) is 23.5 Å². The minimum absolute atomic E-state index is 0.0358.